The topological polar surface area (TPSA) is 114 Å². The van der Waals surface area contributed by atoms with Gasteiger partial charge in [0.05, 0.1) is 26.4 Å². The van der Waals surface area contributed by atoms with Crippen LogP contribution in [-0.4, -0.2) is 49.2 Å². The van der Waals surface area contributed by atoms with Gasteiger partial charge < -0.3 is 34.7 Å². The summed E-state index contributed by atoms with van der Waals surface area (Å²) < 4.78 is 17.4. The van der Waals surface area contributed by atoms with Crippen LogP contribution in [0.15, 0.2) is 59.1 Å². The Balaban J connectivity index is 0.00000506. The normalized spacial score (nSPS) is 13.0. The summed E-state index contributed by atoms with van der Waals surface area (Å²) in [5.74, 6) is -0.235. The predicted octanol–water partition coefficient (Wildman–Crippen LogP) is 1.96. The van der Waals surface area contributed by atoms with Crippen molar-refractivity contribution in [3.8, 4) is 17.2 Å². The second-order valence-corrected chi connectivity index (χ2v) is 11.7. The Morgan fingerprint density at radius 2 is 1.70 bits per heavy atom. The van der Waals surface area contributed by atoms with Crippen molar-refractivity contribution in [2.75, 3.05) is 26.4 Å². The van der Waals surface area contributed by atoms with Crippen LogP contribution in [0.4, 0.5) is 0 Å². The minimum atomic E-state index is -1.31. The number of benzene rings is 3. The van der Waals surface area contributed by atoms with Gasteiger partial charge in [0.1, 0.15) is 31.3 Å². The maximum absolute atomic E-state index is 13.7. The number of carboxylic acid groups (broad SMARTS) is 1. The van der Waals surface area contributed by atoms with Gasteiger partial charge in [0.15, 0.2) is 5.75 Å². The summed E-state index contributed by atoms with van der Waals surface area (Å²) in [6, 6.07) is 16.6. The number of hydrogen-bond donors (Lipinski definition) is 1. The summed E-state index contributed by atoms with van der Waals surface area (Å²) in [5.41, 5.74) is 8.83. The van der Waals surface area contributed by atoms with Gasteiger partial charge in [-0.15, -0.1) is 0 Å². The Bertz CT molecular complexity index is 1380. The van der Waals surface area contributed by atoms with Crippen molar-refractivity contribution in [3.63, 3.8) is 0 Å². The first kappa shape index (κ1) is 35.5. The summed E-state index contributed by atoms with van der Waals surface area (Å²) in [7, 11) is 0. The minimum Gasteiger partial charge on any atom is -0.546 e. The van der Waals surface area contributed by atoms with Crippen LogP contribution < -0.4 is 54.6 Å². The molecule has 2 N–H and O–H groups in total. The number of carbonyl (C=O) groups is 2. The average Bonchev–Trinajstić information content (AvgIpc) is 3.79. The molecular weight excluding hydrogens is 670 g/mol. The third kappa shape index (κ3) is 10.3. The van der Waals surface area contributed by atoms with Gasteiger partial charge in [0, 0.05) is 19.1 Å². The standard InChI is InChI=1S/C31H33BrCl2N2O6.Na/c1-19-13-25(33)30(26(34)14-19)41-12-11-40-24-9-5-20(6-10-24)15-22(16-35)31(39)36(23-7-8-23)17-21-3-2-4-27(29(21)32)42-18-28(37)38;/h2-6,9-10,13-14,22-23H,7-8,11-12,15-18,35H2,1H3,(H,37,38);/q;+1/p-1. The van der Waals surface area contributed by atoms with Gasteiger partial charge >= 0.3 is 29.6 Å². The van der Waals surface area contributed by atoms with E-state index in [-0.39, 0.29) is 54.7 Å². The van der Waals surface area contributed by atoms with Gasteiger partial charge in [-0.2, -0.15) is 0 Å². The molecule has 1 saturated carbocycles. The van der Waals surface area contributed by atoms with E-state index in [2.05, 4.69) is 15.9 Å². The largest absolute Gasteiger partial charge is 1.00 e. The Hall–Kier alpha value is -1.98. The number of carboxylic acids is 1. The van der Waals surface area contributed by atoms with E-state index >= 15 is 0 Å². The summed E-state index contributed by atoms with van der Waals surface area (Å²) in [6.07, 6.45) is 2.35. The van der Waals surface area contributed by atoms with Crippen molar-refractivity contribution in [1.82, 2.24) is 4.90 Å². The van der Waals surface area contributed by atoms with Gasteiger partial charge in [-0.3, -0.25) is 4.79 Å². The van der Waals surface area contributed by atoms with Crippen LogP contribution in [0.3, 0.4) is 0 Å². The van der Waals surface area contributed by atoms with Crippen LogP contribution in [0.25, 0.3) is 0 Å². The number of ether oxygens (including phenoxy) is 3. The number of aliphatic carboxylic acids is 1. The van der Waals surface area contributed by atoms with Crippen molar-refractivity contribution in [1.29, 1.82) is 0 Å². The van der Waals surface area contributed by atoms with Gasteiger partial charge in [-0.1, -0.05) is 47.5 Å². The van der Waals surface area contributed by atoms with Crippen molar-refractivity contribution in [3.05, 3.63) is 85.8 Å². The van der Waals surface area contributed by atoms with Crippen LogP contribution in [0.2, 0.25) is 10.0 Å². The molecular formula is C31H32BrCl2N2NaO6. The second-order valence-electron chi connectivity index (χ2n) is 10.1. The van der Waals surface area contributed by atoms with Crippen molar-refractivity contribution in [2.24, 2.45) is 11.7 Å². The second kappa shape index (κ2) is 16.9. The van der Waals surface area contributed by atoms with Crippen LogP contribution in [0.5, 0.6) is 17.2 Å². The Labute approximate surface area is 292 Å². The van der Waals surface area contributed by atoms with Gasteiger partial charge in [0.25, 0.3) is 0 Å². The zero-order valence-corrected chi connectivity index (χ0v) is 29.2. The van der Waals surface area contributed by atoms with Crippen molar-refractivity contribution >= 4 is 51.0 Å². The Kier molecular flexibility index (Phi) is 14.0. The van der Waals surface area contributed by atoms with E-state index < -0.39 is 18.5 Å². The number of nitrogens with two attached hydrogens (primary N) is 1. The van der Waals surface area contributed by atoms with Gasteiger partial charge in [0.2, 0.25) is 5.91 Å². The fourth-order valence-corrected chi connectivity index (χ4v) is 5.73. The Morgan fingerprint density at radius 3 is 2.30 bits per heavy atom. The maximum Gasteiger partial charge on any atom is 1.00 e. The van der Waals surface area contributed by atoms with E-state index in [1.807, 2.05) is 42.2 Å². The molecule has 1 fully saturated rings. The maximum atomic E-state index is 13.7. The average molecular weight is 702 g/mol. The zero-order valence-electron chi connectivity index (χ0n) is 24.1. The van der Waals surface area contributed by atoms with Crippen molar-refractivity contribution in [2.45, 2.75) is 38.8 Å². The molecule has 1 amide bonds. The summed E-state index contributed by atoms with van der Waals surface area (Å²) in [6.45, 7) is 2.48. The molecule has 1 atom stereocenters. The molecule has 43 heavy (non-hydrogen) atoms. The smallest absolute Gasteiger partial charge is 0.546 e. The monoisotopic (exact) mass is 700 g/mol. The molecule has 224 valence electrons. The number of aryl methyl sites for hydroxylation is 1. The molecule has 8 nitrogen and oxygen atoms in total. The molecule has 0 spiro atoms. The molecule has 0 heterocycles. The SMILES string of the molecule is Cc1cc(Cl)c(OCCOc2ccc(CC(CN)C(=O)N(Cc3cccc(OCC(=O)[O-])c3Br)C3CC3)cc2)c(Cl)c1.[Na+]. The quantitative estimate of drug-likeness (QED) is 0.191. The molecule has 12 heteroatoms. The summed E-state index contributed by atoms with van der Waals surface area (Å²) in [5, 5.41) is 11.7. The zero-order chi connectivity index (χ0) is 30.2. The number of hydrogen-bond acceptors (Lipinski definition) is 7. The molecule has 0 radical (unpaired) electrons. The van der Waals surface area contributed by atoms with Crippen LogP contribution in [0.1, 0.15) is 29.5 Å². The first-order valence-electron chi connectivity index (χ1n) is 13.6. The fourth-order valence-electron chi connectivity index (χ4n) is 4.52. The first-order chi connectivity index (χ1) is 20.2. The molecule has 3 aromatic carbocycles. The minimum absolute atomic E-state index is 0. The van der Waals surface area contributed by atoms with E-state index in [0.29, 0.717) is 51.3 Å². The molecule has 1 unspecified atom stereocenters. The number of amides is 1. The van der Waals surface area contributed by atoms with E-state index in [0.717, 1.165) is 29.5 Å². The van der Waals surface area contributed by atoms with Crippen LogP contribution in [-0.2, 0) is 22.6 Å². The molecule has 1 aliphatic carbocycles. The Morgan fingerprint density at radius 1 is 1.05 bits per heavy atom. The number of rotatable bonds is 15. The first-order valence-corrected chi connectivity index (χ1v) is 15.1. The summed E-state index contributed by atoms with van der Waals surface area (Å²) >= 11 is 16.0. The number of halogens is 3. The van der Waals surface area contributed by atoms with E-state index in [9.17, 15) is 14.7 Å². The third-order valence-electron chi connectivity index (χ3n) is 6.78. The van der Waals surface area contributed by atoms with Crippen LogP contribution in [0, 0.1) is 12.8 Å². The molecule has 4 rings (SSSR count). The fraction of sp³-hybridized carbons (Fsp3) is 0.355. The van der Waals surface area contributed by atoms with E-state index in [1.165, 1.54) is 0 Å². The molecule has 0 saturated heterocycles. The molecule has 0 bridgehead atoms. The number of carbonyl (C=O) groups excluding carboxylic acids is 2. The molecule has 3 aromatic rings. The molecule has 0 aromatic heterocycles. The van der Waals surface area contributed by atoms with Crippen molar-refractivity contribution < 1.29 is 58.5 Å². The van der Waals surface area contributed by atoms with Gasteiger partial charge in [-0.25, -0.2) is 0 Å². The van der Waals surface area contributed by atoms with E-state index in [1.54, 1.807) is 24.3 Å². The molecule has 0 aliphatic heterocycles. The summed E-state index contributed by atoms with van der Waals surface area (Å²) in [4.78, 5) is 26.3. The molecule has 1 aliphatic rings. The third-order valence-corrected chi connectivity index (χ3v) is 8.24. The van der Waals surface area contributed by atoms with Gasteiger partial charge in [-0.05, 0) is 89.1 Å². The van der Waals surface area contributed by atoms with Crippen LogP contribution >= 0.6 is 39.1 Å². The predicted molar refractivity (Wildman–Crippen MR) is 163 cm³/mol. The number of nitrogens with zero attached hydrogens (tertiary/aromatic N) is 1. The van der Waals surface area contributed by atoms with E-state index in [4.69, 9.17) is 43.1 Å².